The standard InChI is InChI=1S/C12H16N4OS/c1-7-11(13)15-9(3)16-12(7)17-5-4-10-8(2)14-6-18-10/h6H,4-5H2,1-3H3,(H2,13,15,16). The molecular formula is C12H16N4OS. The molecule has 0 unspecified atom stereocenters. The zero-order chi connectivity index (χ0) is 13.1. The molecule has 0 atom stereocenters. The smallest absolute Gasteiger partial charge is 0.221 e. The molecule has 5 nitrogen and oxygen atoms in total. The van der Waals surface area contributed by atoms with E-state index < -0.39 is 0 Å². The second kappa shape index (κ2) is 5.30. The number of nitrogen functional groups attached to an aromatic ring is 1. The van der Waals surface area contributed by atoms with Gasteiger partial charge in [0.15, 0.2) is 0 Å². The van der Waals surface area contributed by atoms with E-state index in [0.717, 1.165) is 17.7 Å². The summed E-state index contributed by atoms with van der Waals surface area (Å²) >= 11 is 1.65. The van der Waals surface area contributed by atoms with Gasteiger partial charge < -0.3 is 10.5 Å². The molecule has 2 heterocycles. The van der Waals surface area contributed by atoms with Gasteiger partial charge >= 0.3 is 0 Å². The topological polar surface area (TPSA) is 73.9 Å². The maximum absolute atomic E-state index is 5.77. The third-order valence-corrected chi connectivity index (χ3v) is 3.66. The molecule has 0 fully saturated rings. The van der Waals surface area contributed by atoms with E-state index in [1.54, 1.807) is 18.3 Å². The van der Waals surface area contributed by atoms with Crippen LogP contribution in [0.2, 0.25) is 0 Å². The van der Waals surface area contributed by atoms with E-state index >= 15 is 0 Å². The maximum Gasteiger partial charge on any atom is 0.221 e. The summed E-state index contributed by atoms with van der Waals surface area (Å²) in [6.07, 6.45) is 0.832. The van der Waals surface area contributed by atoms with Crippen LogP contribution in [0.15, 0.2) is 5.51 Å². The van der Waals surface area contributed by atoms with Crippen LogP contribution in [0.1, 0.15) is 22.0 Å². The molecule has 96 valence electrons. The van der Waals surface area contributed by atoms with Gasteiger partial charge in [0.05, 0.1) is 23.4 Å². The van der Waals surface area contributed by atoms with E-state index in [9.17, 15) is 0 Å². The second-order valence-electron chi connectivity index (χ2n) is 4.05. The molecule has 18 heavy (non-hydrogen) atoms. The average molecular weight is 264 g/mol. The SMILES string of the molecule is Cc1nc(N)c(C)c(OCCc2scnc2C)n1. The number of aryl methyl sites for hydroxylation is 2. The number of anilines is 1. The van der Waals surface area contributed by atoms with E-state index in [1.165, 1.54) is 4.88 Å². The second-order valence-corrected chi connectivity index (χ2v) is 4.98. The predicted octanol–water partition coefficient (Wildman–Crippen LogP) is 2.06. The zero-order valence-corrected chi connectivity index (χ0v) is 11.5. The van der Waals surface area contributed by atoms with Crippen LogP contribution in [0.5, 0.6) is 5.88 Å². The molecule has 0 bridgehead atoms. The average Bonchev–Trinajstić information content (AvgIpc) is 2.71. The van der Waals surface area contributed by atoms with Crippen molar-refractivity contribution in [1.82, 2.24) is 15.0 Å². The van der Waals surface area contributed by atoms with Crippen molar-refractivity contribution in [3.8, 4) is 5.88 Å². The summed E-state index contributed by atoms with van der Waals surface area (Å²) in [5.74, 6) is 1.68. The van der Waals surface area contributed by atoms with Crippen LogP contribution in [0.25, 0.3) is 0 Å². The minimum absolute atomic E-state index is 0.478. The fourth-order valence-corrected chi connectivity index (χ4v) is 2.33. The highest BCUT2D eigenvalue weighted by molar-refractivity contribution is 7.09. The molecule has 0 saturated heterocycles. The number of thiazole rings is 1. The van der Waals surface area contributed by atoms with Crippen LogP contribution in [-0.2, 0) is 6.42 Å². The van der Waals surface area contributed by atoms with Crippen molar-refractivity contribution < 1.29 is 4.74 Å². The minimum Gasteiger partial charge on any atom is -0.477 e. The lowest BCUT2D eigenvalue weighted by Crippen LogP contribution is -2.07. The highest BCUT2D eigenvalue weighted by Crippen LogP contribution is 2.20. The number of ether oxygens (including phenoxy) is 1. The third-order valence-electron chi connectivity index (χ3n) is 2.66. The number of nitrogens with two attached hydrogens (primary N) is 1. The number of nitrogens with zero attached hydrogens (tertiary/aromatic N) is 3. The summed E-state index contributed by atoms with van der Waals surface area (Å²) in [6.45, 7) is 6.24. The van der Waals surface area contributed by atoms with Gasteiger partial charge in [-0.25, -0.2) is 9.97 Å². The molecule has 0 aliphatic heterocycles. The molecule has 2 rings (SSSR count). The van der Waals surface area contributed by atoms with Gasteiger partial charge in [-0.2, -0.15) is 4.98 Å². The number of aromatic nitrogens is 3. The Kier molecular flexibility index (Phi) is 3.76. The number of hydrogen-bond donors (Lipinski definition) is 1. The molecule has 0 aliphatic carbocycles. The van der Waals surface area contributed by atoms with Crippen LogP contribution < -0.4 is 10.5 Å². The van der Waals surface area contributed by atoms with Gasteiger partial charge in [0.25, 0.3) is 0 Å². The molecule has 2 aromatic heterocycles. The fraction of sp³-hybridized carbons (Fsp3) is 0.417. The molecule has 2 N–H and O–H groups in total. The maximum atomic E-state index is 5.77. The summed E-state index contributed by atoms with van der Waals surface area (Å²) in [6, 6.07) is 0. The Bertz CT molecular complexity index is 553. The lowest BCUT2D eigenvalue weighted by Gasteiger charge is -2.09. The number of hydrogen-bond acceptors (Lipinski definition) is 6. The van der Waals surface area contributed by atoms with Crippen molar-refractivity contribution in [2.45, 2.75) is 27.2 Å². The van der Waals surface area contributed by atoms with Crippen molar-refractivity contribution in [3.05, 3.63) is 27.5 Å². The number of rotatable bonds is 4. The first-order valence-corrected chi connectivity index (χ1v) is 6.58. The minimum atomic E-state index is 0.478. The van der Waals surface area contributed by atoms with E-state index in [0.29, 0.717) is 24.1 Å². The molecule has 0 aromatic carbocycles. The van der Waals surface area contributed by atoms with Crippen molar-refractivity contribution in [1.29, 1.82) is 0 Å². The van der Waals surface area contributed by atoms with Gasteiger partial charge in [-0.05, 0) is 20.8 Å². The molecule has 0 spiro atoms. The van der Waals surface area contributed by atoms with Crippen LogP contribution in [0.4, 0.5) is 5.82 Å². The summed E-state index contributed by atoms with van der Waals surface area (Å²) in [4.78, 5) is 13.8. The first-order valence-electron chi connectivity index (χ1n) is 5.70. The monoisotopic (exact) mass is 264 g/mol. The summed E-state index contributed by atoms with van der Waals surface area (Å²) in [5, 5.41) is 0. The molecule has 6 heteroatoms. The Hall–Kier alpha value is -1.69. The Morgan fingerprint density at radius 3 is 2.72 bits per heavy atom. The van der Waals surface area contributed by atoms with Gasteiger partial charge in [-0.15, -0.1) is 11.3 Å². The molecule has 0 saturated carbocycles. The van der Waals surface area contributed by atoms with Crippen LogP contribution in [0, 0.1) is 20.8 Å². The largest absolute Gasteiger partial charge is 0.477 e. The molecular weight excluding hydrogens is 248 g/mol. The summed E-state index contributed by atoms with van der Waals surface area (Å²) in [5.41, 5.74) is 9.48. The van der Waals surface area contributed by atoms with Gasteiger partial charge in [-0.3, -0.25) is 0 Å². The normalized spacial score (nSPS) is 10.6. The van der Waals surface area contributed by atoms with Crippen molar-refractivity contribution in [2.75, 3.05) is 12.3 Å². The predicted molar refractivity (Wildman–Crippen MR) is 72.0 cm³/mol. The lowest BCUT2D eigenvalue weighted by atomic mass is 10.3. The highest BCUT2D eigenvalue weighted by atomic mass is 32.1. The molecule has 0 radical (unpaired) electrons. The summed E-state index contributed by atoms with van der Waals surface area (Å²) in [7, 11) is 0. The van der Waals surface area contributed by atoms with E-state index in [-0.39, 0.29) is 0 Å². The van der Waals surface area contributed by atoms with E-state index in [1.807, 2.05) is 19.4 Å². The van der Waals surface area contributed by atoms with Crippen LogP contribution in [0.3, 0.4) is 0 Å². The zero-order valence-electron chi connectivity index (χ0n) is 10.7. The first kappa shape index (κ1) is 12.8. The van der Waals surface area contributed by atoms with Crippen molar-refractivity contribution >= 4 is 17.2 Å². The van der Waals surface area contributed by atoms with Gasteiger partial charge in [0, 0.05) is 11.3 Å². The van der Waals surface area contributed by atoms with Crippen LogP contribution >= 0.6 is 11.3 Å². The summed E-state index contributed by atoms with van der Waals surface area (Å²) < 4.78 is 5.67. The Morgan fingerprint density at radius 1 is 1.28 bits per heavy atom. The van der Waals surface area contributed by atoms with Crippen molar-refractivity contribution in [3.63, 3.8) is 0 Å². The fourth-order valence-electron chi connectivity index (χ4n) is 1.57. The third kappa shape index (κ3) is 2.76. The Morgan fingerprint density at radius 2 is 2.06 bits per heavy atom. The van der Waals surface area contributed by atoms with E-state index in [4.69, 9.17) is 10.5 Å². The lowest BCUT2D eigenvalue weighted by molar-refractivity contribution is 0.306. The highest BCUT2D eigenvalue weighted by Gasteiger charge is 2.08. The van der Waals surface area contributed by atoms with Gasteiger partial charge in [0.1, 0.15) is 11.6 Å². The molecule has 2 aromatic rings. The Labute approximate surface area is 110 Å². The van der Waals surface area contributed by atoms with Gasteiger partial charge in [-0.1, -0.05) is 0 Å². The van der Waals surface area contributed by atoms with Crippen LogP contribution in [-0.4, -0.2) is 21.6 Å². The van der Waals surface area contributed by atoms with E-state index in [2.05, 4.69) is 15.0 Å². The first-order chi connectivity index (χ1) is 8.58. The quantitative estimate of drug-likeness (QED) is 0.915. The molecule has 0 amide bonds. The van der Waals surface area contributed by atoms with Crippen molar-refractivity contribution in [2.24, 2.45) is 0 Å². The molecule has 0 aliphatic rings. The van der Waals surface area contributed by atoms with Gasteiger partial charge in [0.2, 0.25) is 5.88 Å². The Balaban J connectivity index is 2.01.